The minimum atomic E-state index is -4.15. The van der Waals surface area contributed by atoms with Crippen molar-refractivity contribution in [2.24, 2.45) is 0 Å². The highest BCUT2D eigenvalue weighted by molar-refractivity contribution is 7.90. The normalized spacial score (nSPS) is 19.8. The minimum Gasteiger partial charge on any atom is -0.480 e. The van der Waals surface area contributed by atoms with Gasteiger partial charge in [-0.2, -0.15) is 4.31 Å². The Hall–Kier alpha value is -1.16. The minimum absolute atomic E-state index is 0.0735. The van der Waals surface area contributed by atoms with Gasteiger partial charge in [-0.25, -0.2) is 16.8 Å². The molecule has 1 N–H and O–H groups in total. The van der Waals surface area contributed by atoms with Gasteiger partial charge in [0.15, 0.2) is 9.84 Å². The summed E-state index contributed by atoms with van der Waals surface area (Å²) >= 11 is 5.85. The summed E-state index contributed by atoms with van der Waals surface area (Å²) in [7, 11) is -7.62. The summed E-state index contributed by atoms with van der Waals surface area (Å²) in [6.45, 7) is 0.0735. The molecule has 1 atom stereocenters. The summed E-state index contributed by atoms with van der Waals surface area (Å²) in [5.74, 6) is -1.69. The SMILES string of the molecule is CS(=O)(=O)Cc1ccc(Cl)cc1S(=O)(=O)N1CCCC1C(=O)O. The average Bonchev–Trinajstić information content (AvgIpc) is 2.89. The Balaban J connectivity index is 2.55. The van der Waals surface area contributed by atoms with E-state index < -0.39 is 37.6 Å². The van der Waals surface area contributed by atoms with Crippen LogP contribution in [0.15, 0.2) is 23.1 Å². The van der Waals surface area contributed by atoms with Crippen molar-refractivity contribution in [3.8, 4) is 0 Å². The van der Waals surface area contributed by atoms with Crippen LogP contribution in [0.4, 0.5) is 0 Å². The molecule has 1 aromatic rings. The van der Waals surface area contributed by atoms with Crippen molar-refractivity contribution in [3.05, 3.63) is 28.8 Å². The zero-order chi connectivity index (χ0) is 17.4. The van der Waals surface area contributed by atoms with E-state index in [0.29, 0.717) is 6.42 Å². The van der Waals surface area contributed by atoms with Gasteiger partial charge in [0, 0.05) is 17.8 Å². The first-order valence-corrected chi connectivity index (χ1v) is 10.6. The van der Waals surface area contributed by atoms with Crippen molar-refractivity contribution in [2.75, 3.05) is 12.8 Å². The Morgan fingerprint density at radius 1 is 1.35 bits per heavy atom. The summed E-state index contributed by atoms with van der Waals surface area (Å²) in [5, 5.41) is 9.31. The van der Waals surface area contributed by atoms with E-state index in [4.69, 9.17) is 11.6 Å². The largest absolute Gasteiger partial charge is 0.480 e. The lowest BCUT2D eigenvalue weighted by molar-refractivity contribution is -0.140. The zero-order valence-electron chi connectivity index (χ0n) is 12.3. The molecule has 1 heterocycles. The maximum absolute atomic E-state index is 12.8. The van der Waals surface area contributed by atoms with Crippen molar-refractivity contribution >= 4 is 37.4 Å². The third-order valence-corrected chi connectivity index (χ3v) is 6.58. The van der Waals surface area contributed by atoms with Crippen LogP contribution in [-0.4, -0.2) is 51.1 Å². The fourth-order valence-electron chi connectivity index (χ4n) is 2.57. The summed E-state index contributed by atoms with van der Waals surface area (Å²) in [6.07, 6.45) is 1.64. The molecule has 0 amide bonds. The first-order valence-electron chi connectivity index (χ1n) is 6.73. The van der Waals surface area contributed by atoms with Crippen LogP contribution in [0, 0.1) is 0 Å². The van der Waals surface area contributed by atoms with Gasteiger partial charge < -0.3 is 5.11 Å². The molecule has 0 aliphatic carbocycles. The van der Waals surface area contributed by atoms with Gasteiger partial charge in [0.05, 0.1) is 10.6 Å². The second-order valence-corrected chi connectivity index (χ2v) is 9.87. The summed E-state index contributed by atoms with van der Waals surface area (Å²) < 4.78 is 49.6. The van der Waals surface area contributed by atoms with E-state index in [9.17, 15) is 26.7 Å². The van der Waals surface area contributed by atoms with Crippen LogP contribution in [0.5, 0.6) is 0 Å². The highest BCUT2D eigenvalue weighted by atomic mass is 35.5. The topological polar surface area (TPSA) is 109 Å². The monoisotopic (exact) mass is 381 g/mol. The number of benzene rings is 1. The predicted molar refractivity (Wildman–Crippen MR) is 84.5 cm³/mol. The first kappa shape index (κ1) is 18.2. The quantitative estimate of drug-likeness (QED) is 0.818. The Kier molecular flexibility index (Phi) is 5.05. The van der Waals surface area contributed by atoms with Crippen LogP contribution in [-0.2, 0) is 30.4 Å². The van der Waals surface area contributed by atoms with Gasteiger partial charge in [0.2, 0.25) is 10.0 Å². The molecule has 2 rings (SSSR count). The van der Waals surface area contributed by atoms with E-state index in [2.05, 4.69) is 0 Å². The lowest BCUT2D eigenvalue weighted by Crippen LogP contribution is -2.40. The number of carboxylic acids is 1. The number of sulfonamides is 1. The maximum atomic E-state index is 12.8. The van der Waals surface area contributed by atoms with E-state index in [-0.39, 0.29) is 28.4 Å². The fourth-order valence-corrected chi connectivity index (χ4v) is 5.62. The summed E-state index contributed by atoms with van der Waals surface area (Å²) in [6, 6.07) is 2.75. The Bertz CT molecular complexity index is 834. The van der Waals surface area contributed by atoms with E-state index in [1.165, 1.54) is 12.1 Å². The van der Waals surface area contributed by atoms with Crippen LogP contribution < -0.4 is 0 Å². The number of carbonyl (C=O) groups is 1. The lowest BCUT2D eigenvalue weighted by atomic mass is 10.2. The van der Waals surface area contributed by atoms with Gasteiger partial charge in [0.1, 0.15) is 6.04 Å². The maximum Gasteiger partial charge on any atom is 0.322 e. The van der Waals surface area contributed by atoms with Crippen molar-refractivity contribution < 1.29 is 26.7 Å². The number of rotatable bonds is 5. The molecule has 0 saturated carbocycles. The molecule has 1 unspecified atom stereocenters. The van der Waals surface area contributed by atoms with Crippen LogP contribution >= 0.6 is 11.6 Å². The van der Waals surface area contributed by atoms with Crippen molar-refractivity contribution in [3.63, 3.8) is 0 Å². The molecule has 0 bridgehead atoms. The third kappa shape index (κ3) is 4.03. The highest BCUT2D eigenvalue weighted by Crippen LogP contribution is 2.30. The molecule has 1 fully saturated rings. The van der Waals surface area contributed by atoms with Crippen LogP contribution in [0.25, 0.3) is 0 Å². The van der Waals surface area contributed by atoms with Gasteiger partial charge in [-0.15, -0.1) is 0 Å². The standard InChI is InChI=1S/C13H16ClNO6S2/c1-22(18,19)8-9-4-5-10(14)7-12(9)23(20,21)15-6-2-3-11(15)13(16)17/h4-5,7,11H,2-3,6,8H2,1H3,(H,16,17). The Morgan fingerprint density at radius 3 is 2.57 bits per heavy atom. The van der Waals surface area contributed by atoms with Gasteiger partial charge in [-0.3, -0.25) is 4.79 Å². The zero-order valence-corrected chi connectivity index (χ0v) is 14.7. The molecule has 1 aromatic carbocycles. The fraction of sp³-hybridized carbons (Fsp3) is 0.462. The molecule has 23 heavy (non-hydrogen) atoms. The Labute approximate surface area is 139 Å². The molecule has 0 radical (unpaired) electrons. The molecule has 1 aliphatic rings. The molecular weight excluding hydrogens is 366 g/mol. The number of hydrogen-bond acceptors (Lipinski definition) is 5. The molecule has 7 nitrogen and oxygen atoms in total. The second kappa shape index (κ2) is 6.39. The van der Waals surface area contributed by atoms with Crippen molar-refractivity contribution in [1.82, 2.24) is 4.31 Å². The molecule has 10 heteroatoms. The van der Waals surface area contributed by atoms with Crippen molar-refractivity contribution in [1.29, 1.82) is 0 Å². The van der Waals surface area contributed by atoms with Crippen LogP contribution in [0.3, 0.4) is 0 Å². The number of nitrogens with zero attached hydrogens (tertiary/aromatic N) is 1. The highest BCUT2D eigenvalue weighted by Gasteiger charge is 2.40. The summed E-state index contributed by atoms with van der Waals surface area (Å²) in [5.41, 5.74) is 0.0768. The van der Waals surface area contributed by atoms with Gasteiger partial charge in [-0.1, -0.05) is 17.7 Å². The molecular formula is C13H16ClNO6S2. The van der Waals surface area contributed by atoms with E-state index in [0.717, 1.165) is 16.6 Å². The number of hydrogen-bond donors (Lipinski definition) is 1. The molecule has 1 aliphatic heterocycles. The molecule has 0 aromatic heterocycles. The van der Waals surface area contributed by atoms with E-state index in [1.54, 1.807) is 0 Å². The van der Waals surface area contributed by atoms with E-state index >= 15 is 0 Å². The summed E-state index contributed by atoms with van der Waals surface area (Å²) in [4.78, 5) is 11.0. The number of halogens is 1. The van der Waals surface area contributed by atoms with E-state index in [1.807, 2.05) is 0 Å². The second-order valence-electron chi connectivity index (χ2n) is 5.43. The van der Waals surface area contributed by atoms with Crippen molar-refractivity contribution in [2.45, 2.75) is 29.5 Å². The number of sulfone groups is 1. The Morgan fingerprint density at radius 2 is 2.00 bits per heavy atom. The van der Waals surface area contributed by atoms with Crippen LogP contribution in [0.2, 0.25) is 5.02 Å². The number of carboxylic acid groups (broad SMARTS) is 1. The van der Waals surface area contributed by atoms with Crippen LogP contribution in [0.1, 0.15) is 18.4 Å². The molecule has 128 valence electrons. The first-order chi connectivity index (χ1) is 10.5. The molecule has 0 spiro atoms. The number of aliphatic carboxylic acids is 1. The van der Waals surface area contributed by atoms with Gasteiger partial charge >= 0.3 is 5.97 Å². The lowest BCUT2D eigenvalue weighted by Gasteiger charge is -2.22. The predicted octanol–water partition coefficient (Wildman–Crippen LogP) is 1.12. The van der Waals surface area contributed by atoms with Gasteiger partial charge in [0.25, 0.3) is 0 Å². The van der Waals surface area contributed by atoms with Gasteiger partial charge in [-0.05, 0) is 30.5 Å². The third-order valence-electron chi connectivity index (χ3n) is 3.52. The molecule has 1 saturated heterocycles. The average molecular weight is 382 g/mol. The smallest absolute Gasteiger partial charge is 0.322 e.